The van der Waals surface area contributed by atoms with E-state index in [0.717, 1.165) is 31.5 Å². The fourth-order valence-electron chi connectivity index (χ4n) is 3.44. The summed E-state index contributed by atoms with van der Waals surface area (Å²) in [5.74, 6) is 1.97. The van der Waals surface area contributed by atoms with Gasteiger partial charge >= 0.3 is 0 Å². The molecule has 1 aliphatic carbocycles. The molecule has 1 N–H and O–H groups in total. The first-order valence-electron chi connectivity index (χ1n) is 8.70. The molecule has 3 heteroatoms. The Morgan fingerprint density at radius 2 is 1.91 bits per heavy atom. The van der Waals surface area contributed by atoms with Gasteiger partial charge in [0.25, 0.3) is 0 Å². The Morgan fingerprint density at radius 1 is 1.23 bits per heavy atom. The van der Waals surface area contributed by atoms with Gasteiger partial charge in [0, 0.05) is 26.7 Å². The third kappa shape index (κ3) is 3.82. The smallest absolute Gasteiger partial charge is 0.193 e. The third-order valence-corrected chi connectivity index (χ3v) is 5.30. The zero-order valence-electron chi connectivity index (χ0n) is 14.0. The van der Waals surface area contributed by atoms with Crippen molar-refractivity contribution < 1.29 is 0 Å². The lowest BCUT2D eigenvalue weighted by molar-refractivity contribution is 0.271. The van der Waals surface area contributed by atoms with Gasteiger partial charge in [-0.05, 0) is 49.0 Å². The number of hydrogen-bond acceptors (Lipinski definition) is 1. The molecule has 0 amide bonds. The summed E-state index contributed by atoms with van der Waals surface area (Å²) < 4.78 is 0. The zero-order valence-corrected chi connectivity index (χ0v) is 14.0. The van der Waals surface area contributed by atoms with Gasteiger partial charge in [-0.1, -0.05) is 37.3 Å². The quantitative estimate of drug-likeness (QED) is 0.682. The van der Waals surface area contributed by atoms with E-state index in [2.05, 4.69) is 52.5 Å². The average molecular weight is 299 g/mol. The van der Waals surface area contributed by atoms with Crippen LogP contribution in [0.4, 0.5) is 0 Å². The van der Waals surface area contributed by atoms with Crippen LogP contribution in [0.5, 0.6) is 0 Å². The molecule has 1 aromatic rings. The van der Waals surface area contributed by atoms with E-state index in [9.17, 15) is 0 Å². The highest BCUT2D eigenvalue weighted by molar-refractivity contribution is 5.80. The largest absolute Gasteiger partial charge is 0.356 e. The first-order valence-corrected chi connectivity index (χ1v) is 8.70. The number of benzene rings is 1. The van der Waals surface area contributed by atoms with Crippen LogP contribution in [-0.4, -0.2) is 37.5 Å². The Balaban J connectivity index is 1.52. The molecule has 3 nitrogen and oxygen atoms in total. The molecule has 1 aliphatic heterocycles. The van der Waals surface area contributed by atoms with E-state index in [1.165, 1.54) is 37.7 Å². The molecule has 0 aromatic heterocycles. The molecule has 0 spiro atoms. The second kappa shape index (κ2) is 6.72. The van der Waals surface area contributed by atoms with Crippen LogP contribution in [0, 0.1) is 11.3 Å². The van der Waals surface area contributed by atoms with Crippen LogP contribution < -0.4 is 5.32 Å². The van der Waals surface area contributed by atoms with Crippen molar-refractivity contribution in [2.75, 3.05) is 26.7 Å². The molecule has 120 valence electrons. The number of nitrogens with zero attached hydrogens (tertiary/aromatic N) is 2. The van der Waals surface area contributed by atoms with Crippen molar-refractivity contribution in [3.8, 4) is 0 Å². The summed E-state index contributed by atoms with van der Waals surface area (Å²) >= 11 is 0. The highest BCUT2D eigenvalue weighted by atomic mass is 15.3. The molecule has 0 unspecified atom stereocenters. The maximum atomic E-state index is 4.51. The van der Waals surface area contributed by atoms with Gasteiger partial charge in [0.15, 0.2) is 5.96 Å². The topological polar surface area (TPSA) is 27.6 Å². The van der Waals surface area contributed by atoms with Gasteiger partial charge in [-0.25, -0.2) is 0 Å². The van der Waals surface area contributed by atoms with E-state index in [1.54, 1.807) is 0 Å². The van der Waals surface area contributed by atoms with E-state index in [1.807, 2.05) is 7.05 Å². The molecule has 1 saturated carbocycles. The Labute approximate surface area is 134 Å². The maximum Gasteiger partial charge on any atom is 0.193 e. The standard InChI is InChI=1S/C19H29N3/c1-16-8-12-22(13-9-16)18(20-2)21-15-19(10-11-19)14-17-6-4-3-5-7-17/h3-7,16H,8-15H2,1-2H3,(H,20,21). The number of nitrogens with one attached hydrogen (secondary N) is 1. The van der Waals surface area contributed by atoms with E-state index >= 15 is 0 Å². The molecule has 2 aliphatic rings. The Morgan fingerprint density at radius 3 is 2.50 bits per heavy atom. The minimum atomic E-state index is 0.459. The van der Waals surface area contributed by atoms with Gasteiger partial charge in [-0.3, -0.25) is 4.99 Å². The number of aliphatic imine (C=N–C) groups is 1. The molecule has 0 bridgehead atoms. The summed E-state index contributed by atoms with van der Waals surface area (Å²) in [6, 6.07) is 10.9. The summed E-state index contributed by atoms with van der Waals surface area (Å²) in [6.45, 7) is 5.70. The van der Waals surface area contributed by atoms with Crippen LogP contribution >= 0.6 is 0 Å². The zero-order chi connectivity index (χ0) is 15.4. The van der Waals surface area contributed by atoms with E-state index in [4.69, 9.17) is 0 Å². The van der Waals surface area contributed by atoms with Crippen LogP contribution in [0.1, 0.15) is 38.2 Å². The summed E-state index contributed by atoms with van der Waals surface area (Å²) in [7, 11) is 1.91. The molecule has 22 heavy (non-hydrogen) atoms. The first kappa shape index (κ1) is 15.4. The lowest BCUT2D eigenvalue weighted by Crippen LogP contribution is -2.47. The fraction of sp³-hybridized carbons (Fsp3) is 0.632. The van der Waals surface area contributed by atoms with Crippen molar-refractivity contribution in [2.24, 2.45) is 16.3 Å². The average Bonchev–Trinajstić information content (AvgIpc) is 3.30. The van der Waals surface area contributed by atoms with Crippen molar-refractivity contribution in [3.05, 3.63) is 35.9 Å². The lowest BCUT2D eigenvalue weighted by Gasteiger charge is -2.33. The SMILES string of the molecule is CN=C(NCC1(Cc2ccccc2)CC1)N1CCC(C)CC1. The van der Waals surface area contributed by atoms with Crippen molar-refractivity contribution in [1.29, 1.82) is 0 Å². The molecule has 1 saturated heterocycles. The molecular formula is C19H29N3. The van der Waals surface area contributed by atoms with Crippen molar-refractivity contribution in [3.63, 3.8) is 0 Å². The van der Waals surface area contributed by atoms with E-state index in [-0.39, 0.29) is 0 Å². The van der Waals surface area contributed by atoms with Crippen LogP contribution in [-0.2, 0) is 6.42 Å². The van der Waals surface area contributed by atoms with Crippen LogP contribution in [0.25, 0.3) is 0 Å². The Bertz CT molecular complexity index is 497. The molecule has 2 fully saturated rings. The molecule has 0 radical (unpaired) electrons. The summed E-state index contributed by atoms with van der Waals surface area (Å²) in [5, 5.41) is 3.65. The van der Waals surface area contributed by atoms with Crippen molar-refractivity contribution in [2.45, 2.75) is 39.0 Å². The molecule has 1 aromatic carbocycles. The van der Waals surface area contributed by atoms with Crippen molar-refractivity contribution in [1.82, 2.24) is 10.2 Å². The predicted molar refractivity (Wildman–Crippen MR) is 93.1 cm³/mol. The fourth-order valence-corrected chi connectivity index (χ4v) is 3.44. The van der Waals surface area contributed by atoms with Crippen LogP contribution in [0.15, 0.2) is 35.3 Å². The third-order valence-electron chi connectivity index (χ3n) is 5.30. The monoisotopic (exact) mass is 299 g/mol. The summed E-state index contributed by atoms with van der Waals surface area (Å²) in [4.78, 5) is 6.94. The molecule has 3 rings (SSSR count). The highest BCUT2D eigenvalue weighted by Crippen LogP contribution is 2.47. The number of likely N-dealkylation sites (tertiary alicyclic amines) is 1. The highest BCUT2D eigenvalue weighted by Gasteiger charge is 2.42. The van der Waals surface area contributed by atoms with Gasteiger partial charge in [0.05, 0.1) is 0 Å². The van der Waals surface area contributed by atoms with Crippen LogP contribution in [0.3, 0.4) is 0 Å². The van der Waals surface area contributed by atoms with Gasteiger partial charge in [-0.15, -0.1) is 0 Å². The van der Waals surface area contributed by atoms with Gasteiger partial charge in [0.1, 0.15) is 0 Å². The Hall–Kier alpha value is -1.51. The van der Waals surface area contributed by atoms with E-state index in [0.29, 0.717) is 5.41 Å². The first-order chi connectivity index (χ1) is 10.7. The second-order valence-electron chi connectivity index (χ2n) is 7.23. The number of hydrogen-bond donors (Lipinski definition) is 1. The van der Waals surface area contributed by atoms with Gasteiger partial charge in [0.2, 0.25) is 0 Å². The van der Waals surface area contributed by atoms with Gasteiger partial charge < -0.3 is 10.2 Å². The normalized spacial score (nSPS) is 21.7. The van der Waals surface area contributed by atoms with Crippen LogP contribution in [0.2, 0.25) is 0 Å². The molecule has 0 atom stereocenters. The minimum absolute atomic E-state index is 0.459. The number of guanidine groups is 1. The molecule has 1 heterocycles. The minimum Gasteiger partial charge on any atom is -0.356 e. The lowest BCUT2D eigenvalue weighted by atomic mass is 9.96. The summed E-state index contributed by atoms with van der Waals surface area (Å²) in [6.07, 6.45) is 6.44. The predicted octanol–water partition coefficient (Wildman–Crippen LogP) is 3.32. The maximum absolute atomic E-state index is 4.51. The molecular weight excluding hydrogens is 270 g/mol. The van der Waals surface area contributed by atoms with Crippen molar-refractivity contribution >= 4 is 5.96 Å². The number of rotatable bonds is 4. The second-order valence-corrected chi connectivity index (χ2v) is 7.23. The van der Waals surface area contributed by atoms with Gasteiger partial charge in [-0.2, -0.15) is 0 Å². The Kier molecular flexibility index (Phi) is 4.70. The number of piperidine rings is 1. The summed E-state index contributed by atoms with van der Waals surface area (Å²) in [5.41, 5.74) is 1.92. The van der Waals surface area contributed by atoms with E-state index < -0.39 is 0 Å².